The van der Waals surface area contributed by atoms with E-state index in [4.69, 9.17) is 38.3 Å². The number of nitrogens with one attached hydrogen (secondary N) is 2. The number of rotatable bonds is 8. The minimum atomic E-state index is 0.141. The highest BCUT2D eigenvalue weighted by atomic mass is 35.5. The van der Waals surface area contributed by atoms with Gasteiger partial charge in [0, 0.05) is 21.7 Å². The number of methoxy groups -OCH3 is 1. The van der Waals surface area contributed by atoms with Gasteiger partial charge in [-0.3, -0.25) is 5.41 Å². The monoisotopic (exact) mass is 489 g/mol. The zero-order valence-corrected chi connectivity index (χ0v) is 21.4. The van der Waals surface area contributed by atoms with E-state index in [0.717, 1.165) is 39.3 Å². The lowest BCUT2D eigenvalue weighted by molar-refractivity contribution is 0.402. The van der Waals surface area contributed by atoms with Crippen LogP contribution in [0.3, 0.4) is 0 Å². The normalized spacial score (nSPS) is 12.3. The van der Waals surface area contributed by atoms with Crippen molar-refractivity contribution in [3.05, 3.63) is 80.3 Å². The van der Waals surface area contributed by atoms with Crippen LogP contribution in [0.1, 0.15) is 43.4 Å². The van der Waals surface area contributed by atoms with Gasteiger partial charge in [-0.2, -0.15) is 0 Å². The summed E-state index contributed by atoms with van der Waals surface area (Å²) in [7, 11) is 1.52. The van der Waals surface area contributed by atoms with Crippen LogP contribution in [-0.4, -0.2) is 18.8 Å². The second-order valence-corrected chi connectivity index (χ2v) is 8.93. The summed E-state index contributed by atoms with van der Waals surface area (Å²) in [5, 5.41) is 12.7. The van der Waals surface area contributed by atoms with Crippen LogP contribution in [0.2, 0.25) is 10.0 Å². The predicted octanol–water partition coefficient (Wildman–Crippen LogP) is 8.40. The molecule has 2 N–H and O–H groups in total. The van der Waals surface area contributed by atoms with Crippen molar-refractivity contribution in [1.82, 2.24) is 0 Å². The number of aryl methyl sites for hydroxylation is 2. The Hall–Kier alpha value is -2.21. The van der Waals surface area contributed by atoms with Gasteiger partial charge in [-0.25, -0.2) is 4.99 Å². The van der Waals surface area contributed by atoms with Crippen molar-refractivity contribution >= 4 is 52.4 Å². The van der Waals surface area contributed by atoms with Crippen molar-refractivity contribution in [3.8, 4) is 0 Å². The van der Waals surface area contributed by atoms with Crippen molar-refractivity contribution < 1.29 is 4.74 Å². The van der Waals surface area contributed by atoms with E-state index in [0.29, 0.717) is 21.6 Å². The first-order valence-corrected chi connectivity index (χ1v) is 12.0. The van der Waals surface area contributed by atoms with Gasteiger partial charge in [-0.1, -0.05) is 73.1 Å². The van der Waals surface area contributed by atoms with E-state index in [1.54, 1.807) is 18.3 Å². The molecule has 7 heteroatoms. The number of allylic oxidation sites excluding steroid dienone is 2. The quantitative estimate of drug-likeness (QED) is 0.222. The molecule has 4 nitrogen and oxygen atoms in total. The number of hydrogen-bond donors (Lipinski definition) is 2. The number of aliphatic imine (C=N–C) groups is 1. The maximum absolute atomic E-state index is 8.21. The summed E-state index contributed by atoms with van der Waals surface area (Å²) >= 11 is 14.0. The molecule has 0 aliphatic heterocycles. The van der Waals surface area contributed by atoms with Crippen LogP contribution in [0.5, 0.6) is 0 Å². The molecule has 0 atom stereocenters. The first kappa shape index (κ1) is 26.0. The third-order valence-corrected chi connectivity index (χ3v) is 6.41. The molecule has 170 valence electrons. The highest BCUT2D eigenvalue weighted by Gasteiger charge is 2.19. The lowest BCUT2D eigenvalue weighted by Crippen LogP contribution is -2.17. The molecule has 0 heterocycles. The fourth-order valence-corrected chi connectivity index (χ4v) is 4.59. The molecule has 0 spiro atoms. The van der Waals surface area contributed by atoms with E-state index in [2.05, 4.69) is 31.3 Å². The fraction of sp³-hybridized carbons (Fsp3) is 0.280. The second-order valence-electron chi connectivity index (χ2n) is 7.04. The van der Waals surface area contributed by atoms with Gasteiger partial charge in [-0.05, 0) is 56.0 Å². The van der Waals surface area contributed by atoms with E-state index in [1.165, 1.54) is 18.9 Å². The highest BCUT2D eigenvalue weighted by molar-refractivity contribution is 8.04. The summed E-state index contributed by atoms with van der Waals surface area (Å²) in [6.45, 7) is 8.21. The SMILES string of the molecule is CC/C=C/N=C(Nc1ccc(Cl)cc1Cl)c1c(C)ccc(C)c1S/C(=C/CC)C(=N)OC. The highest BCUT2D eigenvalue weighted by Crippen LogP contribution is 2.36. The van der Waals surface area contributed by atoms with E-state index in [-0.39, 0.29) is 5.90 Å². The third-order valence-electron chi connectivity index (χ3n) is 4.56. The van der Waals surface area contributed by atoms with E-state index in [9.17, 15) is 0 Å². The number of nitrogens with zero attached hydrogens (tertiary/aromatic N) is 1. The van der Waals surface area contributed by atoms with Gasteiger partial charge in [0.05, 0.1) is 22.7 Å². The summed E-state index contributed by atoms with van der Waals surface area (Å²) in [5.74, 6) is 0.809. The third kappa shape index (κ3) is 6.89. The van der Waals surface area contributed by atoms with Crippen LogP contribution in [0.15, 0.2) is 63.5 Å². The minimum Gasteiger partial charge on any atom is -0.481 e. The van der Waals surface area contributed by atoms with Gasteiger partial charge in [0.1, 0.15) is 5.84 Å². The van der Waals surface area contributed by atoms with Crippen LogP contribution in [0, 0.1) is 19.3 Å². The van der Waals surface area contributed by atoms with Gasteiger partial charge in [-0.15, -0.1) is 0 Å². The molecule has 0 saturated carbocycles. The summed E-state index contributed by atoms with van der Waals surface area (Å²) in [6.07, 6.45) is 7.46. The van der Waals surface area contributed by atoms with Crippen molar-refractivity contribution in [2.24, 2.45) is 4.99 Å². The Kier molecular flexibility index (Phi) is 10.4. The van der Waals surface area contributed by atoms with Crippen molar-refractivity contribution in [1.29, 1.82) is 5.41 Å². The Balaban J connectivity index is 2.66. The summed E-state index contributed by atoms with van der Waals surface area (Å²) in [6, 6.07) is 9.48. The topological polar surface area (TPSA) is 57.5 Å². The number of amidine groups is 1. The second kappa shape index (κ2) is 12.7. The van der Waals surface area contributed by atoms with Crippen LogP contribution in [0.25, 0.3) is 0 Å². The molecule has 0 amide bonds. The van der Waals surface area contributed by atoms with Crippen molar-refractivity contribution in [3.63, 3.8) is 0 Å². The zero-order chi connectivity index (χ0) is 23.7. The van der Waals surface area contributed by atoms with E-state index in [1.807, 2.05) is 32.1 Å². The lowest BCUT2D eigenvalue weighted by Gasteiger charge is -2.19. The smallest absolute Gasteiger partial charge is 0.219 e. The average Bonchev–Trinajstić information content (AvgIpc) is 2.76. The first-order chi connectivity index (χ1) is 15.3. The maximum Gasteiger partial charge on any atom is 0.219 e. The molecule has 32 heavy (non-hydrogen) atoms. The van der Waals surface area contributed by atoms with Crippen LogP contribution < -0.4 is 5.32 Å². The van der Waals surface area contributed by atoms with Crippen molar-refractivity contribution in [2.45, 2.75) is 45.4 Å². The van der Waals surface area contributed by atoms with Gasteiger partial charge >= 0.3 is 0 Å². The Morgan fingerprint density at radius 2 is 1.84 bits per heavy atom. The van der Waals surface area contributed by atoms with Gasteiger partial charge in [0.2, 0.25) is 5.90 Å². The summed E-state index contributed by atoms with van der Waals surface area (Å²) in [4.78, 5) is 6.51. The number of thioether (sulfide) groups is 1. The minimum absolute atomic E-state index is 0.141. The van der Waals surface area contributed by atoms with Gasteiger partial charge in [0.15, 0.2) is 0 Å². The Bertz CT molecular complexity index is 1060. The van der Waals surface area contributed by atoms with Gasteiger partial charge in [0.25, 0.3) is 0 Å². The molecule has 0 aromatic heterocycles. The van der Waals surface area contributed by atoms with Gasteiger partial charge < -0.3 is 10.1 Å². The predicted molar refractivity (Wildman–Crippen MR) is 141 cm³/mol. The largest absolute Gasteiger partial charge is 0.481 e. The van der Waals surface area contributed by atoms with Crippen LogP contribution in [0.4, 0.5) is 5.69 Å². The molecule has 2 aromatic carbocycles. The average molecular weight is 491 g/mol. The molecular formula is C25H29Cl2N3OS. The molecule has 0 radical (unpaired) electrons. The number of ether oxygens (including phenoxy) is 1. The molecular weight excluding hydrogens is 461 g/mol. The molecule has 0 aliphatic rings. The molecule has 2 aromatic rings. The number of benzene rings is 2. The van der Waals surface area contributed by atoms with Crippen LogP contribution >= 0.6 is 35.0 Å². The number of halogens is 2. The molecule has 0 bridgehead atoms. The molecule has 2 rings (SSSR count). The number of hydrogen-bond acceptors (Lipinski definition) is 4. The molecule has 0 aliphatic carbocycles. The lowest BCUT2D eigenvalue weighted by atomic mass is 10.0. The number of anilines is 1. The maximum atomic E-state index is 8.21. The van der Waals surface area contributed by atoms with E-state index >= 15 is 0 Å². The van der Waals surface area contributed by atoms with E-state index < -0.39 is 0 Å². The summed E-state index contributed by atoms with van der Waals surface area (Å²) < 4.78 is 5.22. The fourth-order valence-electron chi connectivity index (χ4n) is 2.90. The van der Waals surface area contributed by atoms with Crippen LogP contribution in [-0.2, 0) is 4.74 Å². The summed E-state index contributed by atoms with van der Waals surface area (Å²) in [5.41, 5.74) is 3.80. The van der Waals surface area contributed by atoms with Crippen molar-refractivity contribution in [2.75, 3.05) is 12.4 Å². The Morgan fingerprint density at radius 3 is 2.47 bits per heavy atom. The molecule has 0 saturated heterocycles. The molecule has 0 fully saturated rings. The molecule has 0 unspecified atom stereocenters. The standard InChI is InChI=1S/C25H29Cl2N3OS/c1-6-8-14-29-25(30-20-13-12-18(26)15-19(20)27)22-16(3)10-11-17(4)23(22)32-21(9-7-2)24(28)31-5/h8-15,28H,6-7H2,1-5H3,(H,29,30)/b14-8+,21-9+,28-24?. The Morgan fingerprint density at radius 1 is 1.12 bits per heavy atom. The first-order valence-electron chi connectivity index (χ1n) is 10.4. The Labute approximate surface area is 205 Å². The zero-order valence-electron chi connectivity index (χ0n) is 19.1.